The molecule has 94 valence electrons. The lowest BCUT2D eigenvalue weighted by atomic mass is 10.1. The molecular formula is C15H19N3. The Kier molecular flexibility index (Phi) is 3.82. The number of rotatable bonds is 4. The minimum atomic E-state index is 0.850. The van der Waals surface area contributed by atoms with Crippen molar-refractivity contribution in [3.05, 3.63) is 53.9 Å². The first kappa shape index (κ1) is 12.4. The summed E-state index contributed by atoms with van der Waals surface area (Å²) in [4.78, 5) is 6.24. The third-order valence-electron chi connectivity index (χ3n) is 3.19. The van der Waals surface area contributed by atoms with Crippen molar-refractivity contribution < 1.29 is 0 Å². The van der Waals surface area contributed by atoms with Crippen LogP contribution in [0.25, 0.3) is 0 Å². The summed E-state index contributed by atoms with van der Waals surface area (Å²) in [6.07, 6.45) is 4.67. The van der Waals surface area contributed by atoms with Crippen molar-refractivity contribution in [2.24, 2.45) is 0 Å². The Morgan fingerprint density at radius 2 is 1.89 bits per heavy atom. The number of aryl methyl sites for hydroxylation is 1. The maximum absolute atomic E-state index is 5.93. The second kappa shape index (κ2) is 5.54. The normalized spacial score (nSPS) is 10.3. The minimum absolute atomic E-state index is 0.850. The molecule has 3 heteroatoms. The Hall–Kier alpha value is -2.03. The molecule has 0 spiro atoms. The van der Waals surface area contributed by atoms with Crippen molar-refractivity contribution in [2.45, 2.75) is 13.3 Å². The van der Waals surface area contributed by atoms with Crippen LogP contribution in [0.5, 0.6) is 0 Å². The molecule has 1 heterocycles. The second-order valence-corrected chi connectivity index (χ2v) is 4.57. The van der Waals surface area contributed by atoms with Gasteiger partial charge in [0, 0.05) is 37.4 Å². The lowest BCUT2D eigenvalue weighted by molar-refractivity contribution is 0.875. The Bertz CT molecular complexity index is 508. The van der Waals surface area contributed by atoms with Crippen molar-refractivity contribution >= 4 is 11.4 Å². The zero-order chi connectivity index (χ0) is 13.0. The minimum Gasteiger partial charge on any atom is -0.398 e. The summed E-state index contributed by atoms with van der Waals surface area (Å²) in [6, 6.07) is 10.3. The molecule has 0 saturated carbocycles. The molecule has 3 nitrogen and oxygen atoms in total. The van der Waals surface area contributed by atoms with E-state index in [4.69, 9.17) is 5.73 Å². The van der Waals surface area contributed by atoms with Gasteiger partial charge in [-0.3, -0.25) is 4.98 Å². The molecule has 2 rings (SSSR count). The van der Waals surface area contributed by atoms with Gasteiger partial charge in [-0.15, -0.1) is 0 Å². The third-order valence-corrected chi connectivity index (χ3v) is 3.19. The number of nitrogens with zero attached hydrogens (tertiary/aromatic N) is 2. The molecule has 0 unspecified atom stereocenters. The van der Waals surface area contributed by atoms with Gasteiger partial charge in [0.15, 0.2) is 0 Å². The number of aromatic nitrogens is 1. The number of pyridine rings is 1. The molecule has 18 heavy (non-hydrogen) atoms. The summed E-state index contributed by atoms with van der Waals surface area (Å²) in [5.74, 6) is 0. The Balaban J connectivity index is 1.99. The van der Waals surface area contributed by atoms with E-state index in [1.54, 1.807) is 0 Å². The van der Waals surface area contributed by atoms with Crippen LogP contribution in [0.15, 0.2) is 42.7 Å². The average Bonchev–Trinajstić information content (AvgIpc) is 2.40. The first-order valence-electron chi connectivity index (χ1n) is 6.13. The zero-order valence-electron chi connectivity index (χ0n) is 10.9. The van der Waals surface area contributed by atoms with Gasteiger partial charge >= 0.3 is 0 Å². The van der Waals surface area contributed by atoms with Crippen LogP contribution in [0.2, 0.25) is 0 Å². The number of anilines is 2. The van der Waals surface area contributed by atoms with Crippen molar-refractivity contribution in [3.8, 4) is 0 Å². The monoisotopic (exact) mass is 241 g/mol. The van der Waals surface area contributed by atoms with E-state index in [0.29, 0.717) is 0 Å². The molecule has 0 radical (unpaired) electrons. The first-order chi connectivity index (χ1) is 8.66. The van der Waals surface area contributed by atoms with E-state index in [-0.39, 0.29) is 0 Å². The summed E-state index contributed by atoms with van der Waals surface area (Å²) in [7, 11) is 2.09. The van der Waals surface area contributed by atoms with E-state index in [1.807, 2.05) is 25.4 Å². The molecule has 2 N–H and O–H groups in total. The van der Waals surface area contributed by atoms with Crippen LogP contribution in [0, 0.1) is 6.92 Å². The molecule has 0 fully saturated rings. The van der Waals surface area contributed by atoms with E-state index in [0.717, 1.165) is 29.9 Å². The van der Waals surface area contributed by atoms with Crippen molar-refractivity contribution in [1.82, 2.24) is 4.98 Å². The van der Waals surface area contributed by atoms with Crippen LogP contribution in [-0.4, -0.2) is 18.6 Å². The highest BCUT2D eigenvalue weighted by molar-refractivity contribution is 5.59. The number of nitrogen functional groups attached to an aromatic ring is 1. The Morgan fingerprint density at radius 3 is 2.56 bits per heavy atom. The van der Waals surface area contributed by atoms with Gasteiger partial charge in [-0.2, -0.15) is 0 Å². The quantitative estimate of drug-likeness (QED) is 0.837. The standard InChI is InChI=1S/C15H19N3/c1-12-3-4-14(11-15(12)16)18(2)10-7-13-5-8-17-9-6-13/h3-6,8-9,11H,7,10,16H2,1-2H3. The SMILES string of the molecule is Cc1ccc(N(C)CCc2ccncc2)cc1N. The highest BCUT2D eigenvalue weighted by Crippen LogP contribution is 2.20. The fourth-order valence-electron chi connectivity index (χ4n) is 1.84. The van der Waals surface area contributed by atoms with Gasteiger partial charge in [-0.1, -0.05) is 6.07 Å². The van der Waals surface area contributed by atoms with Crippen LogP contribution in [-0.2, 0) is 6.42 Å². The van der Waals surface area contributed by atoms with Crippen LogP contribution < -0.4 is 10.6 Å². The number of nitrogens with two attached hydrogens (primary N) is 1. The van der Waals surface area contributed by atoms with E-state index in [1.165, 1.54) is 5.56 Å². The maximum Gasteiger partial charge on any atom is 0.0384 e. The molecule has 0 aliphatic heterocycles. The van der Waals surface area contributed by atoms with Gasteiger partial charge < -0.3 is 10.6 Å². The zero-order valence-corrected chi connectivity index (χ0v) is 10.9. The average molecular weight is 241 g/mol. The van der Waals surface area contributed by atoms with E-state index in [9.17, 15) is 0 Å². The number of hydrogen-bond donors (Lipinski definition) is 1. The smallest absolute Gasteiger partial charge is 0.0384 e. The molecule has 0 bridgehead atoms. The van der Waals surface area contributed by atoms with Crippen molar-refractivity contribution in [2.75, 3.05) is 24.2 Å². The van der Waals surface area contributed by atoms with Gasteiger partial charge in [0.05, 0.1) is 0 Å². The Morgan fingerprint density at radius 1 is 1.17 bits per heavy atom. The fraction of sp³-hybridized carbons (Fsp3) is 0.267. The molecule has 1 aromatic carbocycles. The molecule has 1 aromatic heterocycles. The molecule has 0 saturated heterocycles. The van der Waals surface area contributed by atoms with Crippen LogP contribution in [0.1, 0.15) is 11.1 Å². The molecule has 0 aliphatic carbocycles. The predicted molar refractivity (Wildman–Crippen MR) is 76.8 cm³/mol. The molecular weight excluding hydrogens is 222 g/mol. The van der Waals surface area contributed by atoms with E-state index >= 15 is 0 Å². The fourth-order valence-corrected chi connectivity index (χ4v) is 1.84. The van der Waals surface area contributed by atoms with Gasteiger partial charge in [-0.05, 0) is 48.7 Å². The van der Waals surface area contributed by atoms with E-state index < -0.39 is 0 Å². The number of benzene rings is 1. The lowest BCUT2D eigenvalue weighted by Gasteiger charge is -2.20. The van der Waals surface area contributed by atoms with Crippen molar-refractivity contribution in [3.63, 3.8) is 0 Å². The molecule has 0 aliphatic rings. The highest BCUT2D eigenvalue weighted by Gasteiger charge is 2.03. The highest BCUT2D eigenvalue weighted by atomic mass is 15.1. The largest absolute Gasteiger partial charge is 0.398 e. The van der Waals surface area contributed by atoms with Gasteiger partial charge in [0.2, 0.25) is 0 Å². The molecule has 0 atom stereocenters. The van der Waals surface area contributed by atoms with Gasteiger partial charge in [0.1, 0.15) is 0 Å². The predicted octanol–water partition coefficient (Wildman–Crippen LogP) is 2.65. The van der Waals surface area contributed by atoms with Crippen LogP contribution in [0.3, 0.4) is 0 Å². The van der Waals surface area contributed by atoms with Gasteiger partial charge in [0.25, 0.3) is 0 Å². The van der Waals surface area contributed by atoms with Gasteiger partial charge in [-0.25, -0.2) is 0 Å². The van der Waals surface area contributed by atoms with Crippen molar-refractivity contribution in [1.29, 1.82) is 0 Å². The number of hydrogen-bond acceptors (Lipinski definition) is 3. The molecule has 2 aromatic rings. The third kappa shape index (κ3) is 3.00. The summed E-state index contributed by atoms with van der Waals surface area (Å²) < 4.78 is 0. The summed E-state index contributed by atoms with van der Waals surface area (Å²) in [5, 5.41) is 0. The summed E-state index contributed by atoms with van der Waals surface area (Å²) >= 11 is 0. The second-order valence-electron chi connectivity index (χ2n) is 4.57. The van der Waals surface area contributed by atoms with Crippen LogP contribution in [0.4, 0.5) is 11.4 Å². The number of likely N-dealkylation sites (N-methyl/N-ethyl adjacent to an activating group) is 1. The summed E-state index contributed by atoms with van der Waals surface area (Å²) in [5.41, 5.74) is 10.4. The van der Waals surface area contributed by atoms with E-state index in [2.05, 4.69) is 41.2 Å². The summed E-state index contributed by atoms with van der Waals surface area (Å²) in [6.45, 7) is 2.99. The maximum atomic E-state index is 5.93. The Labute approximate surface area is 108 Å². The topological polar surface area (TPSA) is 42.2 Å². The first-order valence-corrected chi connectivity index (χ1v) is 6.13. The molecule has 0 amide bonds. The van der Waals surface area contributed by atoms with Crippen LogP contribution >= 0.6 is 0 Å². The lowest BCUT2D eigenvalue weighted by Crippen LogP contribution is -2.20.